The molecule has 0 aliphatic rings. The molecule has 0 radical (unpaired) electrons. The molecule has 8 heteroatoms. The van der Waals surface area contributed by atoms with Crippen molar-refractivity contribution in [1.29, 1.82) is 0 Å². The van der Waals surface area contributed by atoms with E-state index in [2.05, 4.69) is 10.6 Å². The minimum Gasteiger partial charge on any atom is -0.341 e. The fraction of sp³-hybridized carbons (Fsp3) is 0.176. The van der Waals surface area contributed by atoms with E-state index in [0.717, 1.165) is 17.7 Å². The maximum Gasteiger partial charge on any atom is 0.416 e. The highest BCUT2D eigenvalue weighted by Gasteiger charge is 2.31. The number of nitrogens with one attached hydrogen (secondary N) is 2. The molecule has 2 aromatic rings. The molecule has 2 aromatic carbocycles. The van der Waals surface area contributed by atoms with Crippen LogP contribution in [0.4, 0.5) is 18.9 Å². The van der Waals surface area contributed by atoms with Gasteiger partial charge in [0, 0.05) is 0 Å². The number of halogens is 4. The van der Waals surface area contributed by atoms with E-state index < -0.39 is 29.6 Å². The van der Waals surface area contributed by atoms with Crippen LogP contribution in [0.5, 0.6) is 0 Å². The molecule has 0 saturated heterocycles. The van der Waals surface area contributed by atoms with Gasteiger partial charge in [0.1, 0.15) is 0 Å². The molecule has 4 nitrogen and oxygen atoms in total. The summed E-state index contributed by atoms with van der Waals surface area (Å²) in [6, 6.07) is 10.9. The third kappa shape index (κ3) is 4.96. The molecule has 1 atom stereocenters. The molecule has 132 valence electrons. The number of alkyl halides is 3. The van der Waals surface area contributed by atoms with Crippen LogP contribution in [0.1, 0.15) is 24.1 Å². The predicted octanol–water partition coefficient (Wildman–Crippen LogP) is 4.17. The number of carbonyl (C=O) groups is 2. The number of hydrogen-bond acceptors (Lipinski definition) is 2. The Bertz CT molecular complexity index is 779. The summed E-state index contributed by atoms with van der Waals surface area (Å²) in [5.74, 6) is -2.09. The Morgan fingerprint density at radius 2 is 1.68 bits per heavy atom. The molecule has 2 rings (SSSR count). The van der Waals surface area contributed by atoms with Gasteiger partial charge in [0.2, 0.25) is 0 Å². The van der Waals surface area contributed by atoms with Crippen molar-refractivity contribution in [2.45, 2.75) is 19.1 Å². The van der Waals surface area contributed by atoms with E-state index in [-0.39, 0.29) is 10.7 Å². The van der Waals surface area contributed by atoms with Crippen molar-refractivity contribution in [3.63, 3.8) is 0 Å². The van der Waals surface area contributed by atoms with Gasteiger partial charge < -0.3 is 10.6 Å². The first-order chi connectivity index (χ1) is 11.7. The molecule has 0 saturated carbocycles. The van der Waals surface area contributed by atoms with Crippen LogP contribution in [0.3, 0.4) is 0 Å². The zero-order valence-electron chi connectivity index (χ0n) is 13.0. The van der Waals surface area contributed by atoms with E-state index in [0.29, 0.717) is 6.07 Å². The van der Waals surface area contributed by atoms with Gasteiger partial charge in [-0.1, -0.05) is 41.9 Å². The maximum atomic E-state index is 12.7. The Kier molecular flexibility index (Phi) is 5.69. The van der Waals surface area contributed by atoms with E-state index in [4.69, 9.17) is 11.6 Å². The second kappa shape index (κ2) is 7.57. The highest BCUT2D eigenvalue weighted by molar-refractivity contribution is 6.41. The molecule has 0 fully saturated rings. The molecule has 0 aromatic heterocycles. The van der Waals surface area contributed by atoms with Crippen molar-refractivity contribution in [2.75, 3.05) is 5.32 Å². The van der Waals surface area contributed by atoms with Gasteiger partial charge in [-0.3, -0.25) is 9.59 Å². The van der Waals surface area contributed by atoms with Crippen molar-refractivity contribution < 1.29 is 22.8 Å². The quantitative estimate of drug-likeness (QED) is 0.796. The van der Waals surface area contributed by atoms with Gasteiger partial charge in [0.05, 0.1) is 22.3 Å². The monoisotopic (exact) mass is 370 g/mol. The van der Waals surface area contributed by atoms with Crippen molar-refractivity contribution in [3.05, 3.63) is 64.7 Å². The van der Waals surface area contributed by atoms with Crippen molar-refractivity contribution in [3.8, 4) is 0 Å². The fourth-order valence-corrected chi connectivity index (χ4v) is 2.23. The Morgan fingerprint density at radius 3 is 2.28 bits per heavy atom. The minimum absolute atomic E-state index is 0.106. The van der Waals surface area contributed by atoms with Crippen molar-refractivity contribution in [1.82, 2.24) is 5.32 Å². The highest BCUT2D eigenvalue weighted by Crippen LogP contribution is 2.33. The molecular formula is C17H14ClF3N2O2. The molecule has 2 amide bonds. The summed E-state index contributed by atoms with van der Waals surface area (Å²) in [6.45, 7) is 1.68. The highest BCUT2D eigenvalue weighted by atomic mass is 35.5. The summed E-state index contributed by atoms with van der Waals surface area (Å²) in [7, 11) is 0. The van der Waals surface area contributed by atoms with Crippen LogP contribution >= 0.6 is 11.6 Å². The summed E-state index contributed by atoms with van der Waals surface area (Å²) in [5.41, 5.74) is -0.491. The molecule has 0 aliphatic carbocycles. The van der Waals surface area contributed by atoms with E-state index in [1.54, 1.807) is 37.3 Å². The number of anilines is 1. The molecule has 0 unspecified atom stereocenters. The van der Waals surface area contributed by atoms with Crippen molar-refractivity contribution >= 4 is 29.1 Å². The molecule has 0 aliphatic heterocycles. The number of rotatable bonds is 3. The first-order valence-electron chi connectivity index (χ1n) is 7.22. The minimum atomic E-state index is -4.59. The van der Waals surface area contributed by atoms with E-state index in [1.807, 2.05) is 0 Å². The SMILES string of the molecule is C[C@@H](NC(=O)C(=O)Nc1cc(C(F)(F)F)ccc1Cl)c1ccccc1. The van der Waals surface area contributed by atoms with Gasteiger partial charge >= 0.3 is 18.0 Å². The zero-order valence-corrected chi connectivity index (χ0v) is 13.8. The summed E-state index contributed by atoms with van der Waals surface area (Å²) < 4.78 is 38.2. The summed E-state index contributed by atoms with van der Waals surface area (Å²) in [4.78, 5) is 23.9. The van der Waals surface area contributed by atoms with Crippen LogP contribution in [0.2, 0.25) is 5.02 Å². The number of carbonyl (C=O) groups excluding carboxylic acids is 2. The average Bonchev–Trinajstić information content (AvgIpc) is 2.56. The Labute approximate surface area is 147 Å². The van der Waals surface area contributed by atoms with Crippen LogP contribution in [0.15, 0.2) is 48.5 Å². The average molecular weight is 371 g/mol. The van der Waals surface area contributed by atoms with Crippen LogP contribution in [0, 0.1) is 0 Å². The van der Waals surface area contributed by atoms with Gasteiger partial charge in [-0.25, -0.2) is 0 Å². The molecule has 0 heterocycles. The van der Waals surface area contributed by atoms with Gasteiger partial charge in [-0.15, -0.1) is 0 Å². The summed E-state index contributed by atoms with van der Waals surface area (Å²) in [5, 5.41) is 4.45. The van der Waals surface area contributed by atoms with Gasteiger partial charge in [0.15, 0.2) is 0 Å². The molecular weight excluding hydrogens is 357 g/mol. The Morgan fingerprint density at radius 1 is 1.04 bits per heavy atom. The number of hydrogen-bond donors (Lipinski definition) is 2. The lowest BCUT2D eigenvalue weighted by atomic mass is 10.1. The lowest BCUT2D eigenvalue weighted by Gasteiger charge is -2.15. The summed E-state index contributed by atoms with van der Waals surface area (Å²) >= 11 is 5.78. The third-order valence-corrected chi connectivity index (χ3v) is 3.72. The van der Waals surface area contributed by atoms with Gasteiger partial charge in [0.25, 0.3) is 0 Å². The zero-order chi connectivity index (χ0) is 18.6. The number of amides is 2. The lowest BCUT2D eigenvalue weighted by molar-refractivity contribution is -0.137. The molecule has 0 bridgehead atoms. The van der Waals surface area contributed by atoms with Crippen LogP contribution < -0.4 is 10.6 Å². The second-order valence-corrected chi connectivity index (χ2v) is 5.66. The van der Waals surface area contributed by atoms with Crippen molar-refractivity contribution in [2.24, 2.45) is 0 Å². The van der Waals surface area contributed by atoms with Crippen LogP contribution in [-0.4, -0.2) is 11.8 Å². The molecule has 25 heavy (non-hydrogen) atoms. The number of benzene rings is 2. The van der Waals surface area contributed by atoms with E-state index in [1.165, 1.54) is 0 Å². The van der Waals surface area contributed by atoms with Crippen LogP contribution in [-0.2, 0) is 15.8 Å². The van der Waals surface area contributed by atoms with E-state index in [9.17, 15) is 22.8 Å². The standard InChI is InChI=1S/C17H14ClF3N2O2/c1-10(11-5-3-2-4-6-11)22-15(24)16(25)23-14-9-12(17(19,20)21)7-8-13(14)18/h2-10H,1H3,(H,22,24)(H,23,25)/t10-/m1/s1. The topological polar surface area (TPSA) is 58.2 Å². The first-order valence-corrected chi connectivity index (χ1v) is 7.60. The smallest absolute Gasteiger partial charge is 0.341 e. The Hall–Kier alpha value is -2.54. The fourth-order valence-electron chi connectivity index (χ4n) is 2.06. The first kappa shape index (κ1) is 18.8. The normalized spacial score (nSPS) is 12.4. The van der Waals surface area contributed by atoms with Gasteiger partial charge in [-0.05, 0) is 30.7 Å². The van der Waals surface area contributed by atoms with Gasteiger partial charge in [-0.2, -0.15) is 13.2 Å². The van der Waals surface area contributed by atoms with E-state index >= 15 is 0 Å². The lowest BCUT2D eigenvalue weighted by Crippen LogP contribution is -2.37. The largest absolute Gasteiger partial charge is 0.416 e. The molecule has 2 N–H and O–H groups in total. The maximum absolute atomic E-state index is 12.7. The molecule has 0 spiro atoms. The third-order valence-electron chi connectivity index (χ3n) is 3.40. The van der Waals surface area contributed by atoms with Crippen LogP contribution in [0.25, 0.3) is 0 Å². The predicted molar refractivity (Wildman–Crippen MR) is 88.1 cm³/mol. The Balaban J connectivity index is 2.08. The summed E-state index contributed by atoms with van der Waals surface area (Å²) in [6.07, 6.45) is -4.59. The second-order valence-electron chi connectivity index (χ2n) is 5.25.